The monoisotopic (exact) mass is 304 g/mol. The Morgan fingerprint density at radius 3 is 2.27 bits per heavy atom. The Kier molecular flexibility index (Phi) is 6.19. The first-order valence-corrected chi connectivity index (χ1v) is 8.34. The summed E-state index contributed by atoms with van der Waals surface area (Å²) in [6.45, 7) is 9.87. The standard InChI is InChI=1S/C17H28N4O/c1-4-8-20(9-5-2)15-6-7-16(18-14-15)17(22)21-12-10-19(3)11-13-21/h6-7,14H,4-5,8-13H2,1-3H3. The lowest BCUT2D eigenvalue weighted by Crippen LogP contribution is -2.47. The third-order valence-electron chi connectivity index (χ3n) is 4.11. The lowest BCUT2D eigenvalue weighted by atomic mass is 10.2. The molecule has 0 bridgehead atoms. The number of rotatable bonds is 6. The van der Waals surface area contributed by atoms with E-state index in [0.29, 0.717) is 5.69 Å². The van der Waals surface area contributed by atoms with E-state index in [9.17, 15) is 4.79 Å². The Bertz CT molecular complexity index is 460. The first kappa shape index (κ1) is 16.7. The smallest absolute Gasteiger partial charge is 0.272 e. The second-order valence-electron chi connectivity index (χ2n) is 5.98. The molecule has 0 unspecified atom stereocenters. The SMILES string of the molecule is CCCN(CCC)c1ccc(C(=O)N2CCN(C)CC2)nc1. The van der Waals surface area contributed by atoms with Crippen LogP contribution in [0.2, 0.25) is 0 Å². The van der Waals surface area contributed by atoms with Gasteiger partial charge in [-0.15, -0.1) is 0 Å². The van der Waals surface area contributed by atoms with E-state index in [0.717, 1.165) is 57.8 Å². The highest BCUT2D eigenvalue weighted by Crippen LogP contribution is 2.15. The minimum absolute atomic E-state index is 0.0529. The van der Waals surface area contributed by atoms with Crippen molar-refractivity contribution in [3.05, 3.63) is 24.0 Å². The van der Waals surface area contributed by atoms with Gasteiger partial charge in [0.15, 0.2) is 0 Å². The van der Waals surface area contributed by atoms with Crippen molar-refractivity contribution >= 4 is 11.6 Å². The summed E-state index contributed by atoms with van der Waals surface area (Å²) in [6, 6.07) is 3.90. The number of pyridine rings is 1. The van der Waals surface area contributed by atoms with Crippen LogP contribution in [-0.2, 0) is 0 Å². The van der Waals surface area contributed by atoms with Crippen molar-refractivity contribution in [2.24, 2.45) is 0 Å². The summed E-state index contributed by atoms with van der Waals surface area (Å²) in [5.41, 5.74) is 1.67. The maximum absolute atomic E-state index is 12.5. The van der Waals surface area contributed by atoms with E-state index in [2.05, 4.69) is 35.7 Å². The molecule has 1 aliphatic heterocycles. The minimum Gasteiger partial charge on any atom is -0.370 e. The first-order chi connectivity index (χ1) is 10.7. The van der Waals surface area contributed by atoms with Gasteiger partial charge in [-0.05, 0) is 32.0 Å². The summed E-state index contributed by atoms with van der Waals surface area (Å²) in [7, 11) is 2.09. The lowest BCUT2D eigenvalue weighted by Gasteiger charge is -2.32. The summed E-state index contributed by atoms with van der Waals surface area (Å²) in [4.78, 5) is 23.4. The second-order valence-corrected chi connectivity index (χ2v) is 5.98. The van der Waals surface area contributed by atoms with Crippen molar-refractivity contribution in [2.75, 3.05) is 51.2 Å². The van der Waals surface area contributed by atoms with Gasteiger partial charge in [-0.2, -0.15) is 0 Å². The molecule has 0 aliphatic carbocycles. The molecule has 1 saturated heterocycles. The third kappa shape index (κ3) is 4.19. The number of carbonyl (C=O) groups is 1. The van der Waals surface area contributed by atoms with Gasteiger partial charge in [0.1, 0.15) is 5.69 Å². The van der Waals surface area contributed by atoms with Crippen LogP contribution >= 0.6 is 0 Å². The number of piperazine rings is 1. The predicted molar refractivity (Wildman–Crippen MR) is 90.4 cm³/mol. The van der Waals surface area contributed by atoms with E-state index < -0.39 is 0 Å². The molecule has 1 aromatic heterocycles. The molecule has 0 N–H and O–H groups in total. The molecule has 1 amide bonds. The Morgan fingerprint density at radius 1 is 1.14 bits per heavy atom. The number of hydrogen-bond acceptors (Lipinski definition) is 4. The number of aromatic nitrogens is 1. The van der Waals surface area contributed by atoms with Gasteiger partial charge >= 0.3 is 0 Å². The maximum atomic E-state index is 12.5. The Labute approximate surface area is 133 Å². The Hall–Kier alpha value is -1.62. The molecule has 122 valence electrons. The van der Waals surface area contributed by atoms with E-state index in [-0.39, 0.29) is 5.91 Å². The van der Waals surface area contributed by atoms with Gasteiger partial charge in [0, 0.05) is 39.3 Å². The number of nitrogens with zero attached hydrogens (tertiary/aromatic N) is 4. The van der Waals surface area contributed by atoms with Crippen LogP contribution in [0.15, 0.2) is 18.3 Å². The molecule has 0 saturated carbocycles. The Morgan fingerprint density at radius 2 is 1.77 bits per heavy atom. The second kappa shape index (κ2) is 8.13. The van der Waals surface area contributed by atoms with Gasteiger partial charge < -0.3 is 14.7 Å². The van der Waals surface area contributed by atoms with Crippen LogP contribution in [-0.4, -0.2) is 67.0 Å². The van der Waals surface area contributed by atoms with Crippen molar-refractivity contribution in [3.63, 3.8) is 0 Å². The molecular formula is C17H28N4O. The molecule has 2 heterocycles. The minimum atomic E-state index is 0.0529. The van der Waals surface area contributed by atoms with Crippen molar-refractivity contribution in [1.29, 1.82) is 0 Å². The highest BCUT2D eigenvalue weighted by atomic mass is 16.2. The highest BCUT2D eigenvalue weighted by Gasteiger charge is 2.21. The largest absolute Gasteiger partial charge is 0.370 e. The number of likely N-dealkylation sites (N-methyl/N-ethyl adjacent to an activating group) is 1. The van der Waals surface area contributed by atoms with Gasteiger partial charge in [-0.25, -0.2) is 4.98 Å². The lowest BCUT2D eigenvalue weighted by molar-refractivity contribution is 0.0658. The van der Waals surface area contributed by atoms with E-state index in [1.165, 1.54) is 0 Å². The fraction of sp³-hybridized carbons (Fsp3) is 0.647. The van der Waals surface area contributed by atoms with Gasteiger partial charge in [-0.3, -0.25) is 4.79 Å². The topological polar surface area (TPSA) is 39.7 Å². The molecule has 1 aliphatic rings. The van der Waals surface area contributed by atoms with E-state index in [1.54, 1.807) is 0 Å². The molecule has 2 rings (SSSR count). The molecule has 1 fully saturated rings. The molecule has 1 aromatic rings. The quantitative estimate of drug-likeness (QED) is 0.807. The van der Waals surface area contributed by atoms with E-state index >= 15 is 0 Å². The van der Waals surface area contributed by atoms with Crippen LogP contribution < -0.4 is 4.90 Å². The van der Waals surface area contributed by atoms with Gasteiger partial charge in [-0.1, -0.05) is 13.8 Å². The van der Waals surface area contributed by atoms with Gasteiger partial charge in [0.25, 0.3) is 5.91 Å². The van der Waals surface area contributed by atoms with Crippen molar-refractivity contribution in [3.8, 4) is 0 Å². The van der Waals surface area contributed by atoms with Crippen LogP contribution in [0.4, 0.5) is 5.69 Å². The third-order valence-corrected chi connectivity index (χ3v) is 4.11. The van der Waals surface area contributed by atoms with E-state index in [4.69, 9.17) is 0 Å². The molecular weight excluding hydrogens is 276 g/mol. The molecule has 0 aromatic carbocycles. The number of amides is 1. The fourth-order valence-corrected chi connectivity index (χ4v) is 2.78. The zero-order valence-corrected chi connectivity index (χ0v) is 14.1. The summed E-state index contributed by atoms with van der Waals surface area (Å²) in [5.74, 6) is 0.0529. The van der Waals surface area contributed by atoms with Crippen molar-refractivity contribution in [1.82, 2.24) is 14.8 Å². The normalized spacial score (nSPS) is 15.9. The molecule has 5 heteroatoms. The molecule has 0 atom stereocenters. The Balaban J connectivity index is 2.02. The van der Waals surface area contributed by atoms with Crippen molar-refractivity contribution in [2.45, 2.75) is 26.7 Å². The van der Waals surface area contributed by atoms with Crippen LogP contribution in [0.5, 0.6) is 0 Å². The average molecular weight is 304 g/mol. The summed E-state index contributed by atoms with van der Waals surface area (Å²) >= 11 is 0. The zero-order chi connectivity index (χ0) is 15.9. The summed E-state index contributed by atoms with van der Waals surface area (Å²) < 4.78 is 0. The zero-order valence-electron chi connectivity index (χ0n) is 14.1. The van der Waals surface area contributed by atoms with Crippen LogP contribution in [0.25, 0.3) is 0 Å². The van der Waals surface area contributed by atoms with Gasteiger partial charge in [0.05, 0.1) is 11.9 Å². The van der Waals surface area contributed by atoms with E-state index in [1.807, 2.05) is 23.2 Å². The predicted octanol–water partition coefficient (Wildman–Crippen LogP) is 2.10. The first-order valence-electron chi connectivity index (χ1n) is 8.34. The molecule has 0 spiro atoms. The van der Waals surface area contributed by atoms with Crippen LogP contribution in [0.3, 0.4) is 0 Å². The molecule has 0 radical (unpaired) electrons. The van der Waals surface area contributed by atoms with Crippen LogP contribution in [0.1, 0.15) is 37.2 Å². The number of anilines is 1. The highest BCUT2D eigenvalue weighted by molar-refractivity contribution is 5.92. The van der Waals surface area contributed by atoms with Gasteiger partial charge in [0.2, 0.25) is 0 Å². The fourth-order valence-electron chi connectivity index (χ4n) is 2.78. The molecule has 5 nitrogen and oxygen atoms in total. The average Bonchev–Trinajstić information content (AvgIpc) is 2.55. The summed E-state index contributed by atoms with van der Waals surface area (Å²) in [6.07, 6.45) is 4.07. The number of carbonyl (C=O) groups excluding carboxylic acids is 1. The van der Waals surface area contributed by atoms with Crippen LogP contribution in [0, 0.1) is 0 Å². The number of hydrogen-bond donors (Lipinski definition) is 0. The van der Waals surface area contributed by atoms with Crippen molar-refractivity contribution < 1.29 is 4.79 Å². The summed E-state index contributed by atoms with van der Waals surface area (Å²) in [5, 5.41) is 0. The molecule has 22 heavy (non-hydrogen) atoms. The maximum Gasteiger partial charge on any atom is 0.272 e.